The molecule has 1 heterocycles. The van der Waals surface area contributed by atoms with Crippen LogP contribution in [0.25, 0.3) is 11.1 Å². The monoisotopic (exact) mass is 506 g/mol. The summed E-state index contributed by atoms with van der Waals surface area (Å²) in [5.74, 6) is 0.241. The molecule has 3 aromatic rings. The first kappa shape index (κ1) is 24.5. The van der Waals surface area contributed by atoms with Gasteiger partial charge in [0.2, 0.25) is 0 Å². The molecule has 2 aliphatic rings. The van der Waals surface area contributed by atoms with Crippen molar-refractivity contribution in [1.82, 2.24) is 0 Å². The number of aromatic hydroxyl groups is 1. The first-order valence-corrected chi connectivity index (χ1v) is 12.8. The molecule has 0 amide bonds. The predicted octanol–water partition coefficient (Wildman–Crippen LogP) is 7.29. The fourth-order valence-electron chi connectivity index (χ4n) is 4.89. The second-order valence-electron chi connectivity index (χ2n) is 10.4. The lowest BCUT2D eigenvalue weighted by molar-refractivity contribution is 0.00578. The molecule has 0 aromatic heterocycles. The zero-order valence-corrected chi connectivity index (χ0v) is 22.0. The first-order chi connectivity index (χ1) is 16.6. The molecule has 1 N–H and O–H groups in total. The third-order valence-corrected chi connectivity index (χ3v) is 8.06. The summed E-state index contributed by atoms with van der Waals surface area (Å²) in [5, 5.41) is 11.2. The topological polar surface area (TPSA) is 38.7 Å². The van der Waals surface area contributed by atoms with Gasteiger partial charge in [0.05, 0.1) is 11.2 Å². The summed E-state index contributed by atoms with van der Waals surface area (Å²) in [4.78, 5) is 0. The normalized spacial score (nSPS) is 19.0. The maximum absolute atomic E-state index is 9.93. The van der Waals surface area contributed by atoms with Gasteiger partial charge in [-0.2, -0.15) is 0 Å². The van der Waals surface area contributed by atoms with Gasteiger partial charge in [-0.1, -0.05) is 59.6 Å². The van der Waals surface area contributed by atoms with Crippen LogP contribution in [0.2, 0.25) is 10.0 Å². The Morgan fingerprint density at radius 1 is 0.800 bits per heavy atom. The van der Waals surface area contributed by atoms with Crippen molar-refractivity contribution in [2.75, 3.05) is 0 Å². The Labute approximate surface area is 217 Å². The summed E-state index contributed by atoms with van der Waals surface area (Å²) < 4.78 is 12.6. The predicted molar refractivity (Wildman–Crippen MR) is 146 cm³/mol. The molecule has 6 heteroatoms. The van der Waals surface area contributed by atoms with E-state index in [-0.39, 0.29) is 17.0 Å². The van der Waals surface area contributed by atoms with Crippen molar-refractivity contribution in [1.29, 1.82) is 0 Å². The van der Waals surface area contributed by atoms with E-state index in [0.29, 0.717) is 10.0 Å². The van der Waals surface area contributed by atoms with Crippen LogP contribution in [0.5, 0.6) is 5.75 Å². The van der Waals surface area contributed by atoms with Gasteiger partial charge in [-0.25, -0.2) is 0 Å². The molecule has 0 bridgehead atoms. The van der Waals surface area contributed by atoms with Gasteiger partial charge in [0.1, 0.15) is 5.75 Å². The highest BCUT2D eigenvalue weighted by molar-refractivity contribution is 6.62. The molecule has 180 valence electrons. The molecule has 35 heavy (non-hydrogen) atoms. The first-order valence-electron chi connectivity index (χ1n) is 12.0. The lowest BCUT2D eigenvalue weighted by Crippen LogP contribution is -2.41. The number of phenolic OH excluding ortho intramolecular Hbond substituents is 1. The number of hydrogen-bond acceptors (Lipinski definition) is 3. The Morgan fingerprint density at radius 2 is 1.46 bits per heavy atom. The van der Waals surface area contributed by atoms with Gasteiger partial charge < -0.3 is 14.4 Å². The SMILES string of the molecule is CC1(C)OB(c2ccc3c(c2)CCCC(c2ccc(Cl)cc2Cl)=C3c2ccc(O)cc2)OC1(C)C. The van der Waals surface area contributed by atoms with Crippen LogP contribution in [0.3, 0.4) is 0 Å². The van der Waals surface area contributed by atoms with E-state index in [1.54, 1.807) is 18.2 Å². The van der Waals surface area contributed by atoms with Crippen LogP contribution in [0.1, 0.15) is 62.8 Å². The average molecular weight is 507 g/mol. The number of aryl methyl sites for hydroxylation is 1. The van der Waals surface area contributed by atoms with Gasteiger partial charge in [0.25, 0.3) is 0 Å². The molecule has 1 aliphatic heterocycles. The summed E-state index contributed by atoms with van der Waals surface area (Å²) in [6.07, 6.45) is 2.78. The van der Waals surface area contributed by atoms with Crippen molar-refractivity contribution in [3.05, 3.63) is 93.0 Å². The number of phenols is 1. The molecular weight excluding hydrogens is 478 g/mol. The van der Waals surface area contributed by atoms with Crippen molar-refractivity contribution in [3.8, 4) is 5.75 Å². The maximum atomic E-state index is 9.93. The van der Waals surface area contributed by atoms with Crippen molar-refractivity contribution < 1.29 is 14.4 Å². The number of allylic oxidation sites excluding steroid dienone is 1. The van der Waals surface area contributed by atoms with E-state index in [1.807, 2.05) is 24.3 Å². The number of benzene rings is 3. The molecule has 0 unspecified atom stereocenters. The molecule has 1 saturated heterocycles. The van der Waals surface area contributed by atoms with E-state index in [1.165, 1.54) is 11.1 Å². The second kappa shape index (κ2) is 9.01. The van der Waals surface area contributed by atoms with Gasteiger partial charge in [-0.05, 0) is 110 Å². The van der Waals surface area contributed by atoms with Crippen molar-refractivity contribution in [3.63, 3.8) is 0 Å². The zero-order valence-electron chi connectivity index (χ0n) is 20.5. The summed E-state index contributed by atoms with van der Waals surface area (Å²) in [6.45, 7) is 8.29. The Hall–Kier alpha value is -2.24. The Morgan fingerprint density at radius 3 is 2.11 bits per heavy atom. The minimum absolute atomic E-state index is 0.241. The molecule has 3 aromatic carbocycles. The number of fused-ring (bicyclic) bond motifs is 1. The van der Waals surface area contributed by atoms with Gasteiger partial charge in [-0.15, -0.1) is 0 Å². The lowest BCUT2D eigenvalue weighted by Gasteiger charge is -2.32. The smallest absolute Gasteiger partial charge is 0.494 e. The third kappa shape index (κ3) is 4.54. The van der Waals surface area contributed by atoms with E-state index in [0.717, 1.165) is 47.0 Å². The van der Waals surface area contributed by atoms with Gasteiger partial charge >= 0.3 is 7.12 Å². The summed E-state index contributed by atoms with van der Waals surface area (Å²) in [7, 11) is -0.403. The minimum Gasteiger partial charge on any atom is -0.508 e. The van der Waals surface area contributed by atoms with Crippen LogP contribution < -0.4 is 5.46 Å². The van der Waals surface area contributed by atoms with Gasteiger partial charge in [-0.3, -0.25) is 0 Å². The Bertz CT molecular complexity index is 1300. The van der Waals surface area contributed by atoms with E-state index >= 15 is 0 Å². The molecule has 3 nitrogen and oxygen atoms in total. The van der Waals surface area contributed by atoms with Crippen LogP contribution in [-0.2, 0) is 15.7 Å². The number of rotatable bonds is 3. The lowest BCUT2D eigenvalue weighted by atomic mass is 9.76. The van der Waals surface area contributed by atoms with Crippen LogP contribution in [0.4, 0.5) is 0 Å². The molecule has 0 atom stereocenters. The van der Waals surface area contributed by atoms with Crippen molar-refractivity contribution >= 4 is 46.9 Å². The second-order valence-corrected chi connectivity index (χ2v) is 11.2. The molecule has 5 rings (SSSR count). The van der Waals surface area contributed by atoms with Gasteiger partial charge in [0, 0.05) is 10.0 Å². The van der Waals surface area contributed by atoms with E-state index in [2.05, 4.69) is 45.9 Å². The fourth-order valence-corrected chi connectivity index (χ4v) is 5.42. The Kier molecular flexibility index (Phi) is 6.30. The van der Waals surface area contributed by atoms with Crippen LogP contribution in [0, 0.1) is 0 Å². The molecule has 1 fully saturated rings. The number of hydrogen-bond donors (Lipinski definition) is 1. The summed E-state index contributed by atoms with van der Waals surface area (Å²) in [6, 6.07) is 19.6. The highest BCUT2D eigenvalue weighted by atomic mass is 35.5. The maximum Gasteiger partial charge on any atom is 0.494 e. The standard InChI is InChI=1S/C29H29BCl2O3/c1-28(2)29(3,4)35-30(34-28)20-10-14-23-19(16-20)6-5-7-25(24-15-11-21(31)17-26(24)32)27(23)18-8-12-22(33)13-9-18/h8-17,33H,5-7H2,1-4H3. The molecular formula is C29H29BCl2O3. The van der Waals surface area contributed by atoms with E-state index in [4.69, 9.17) is 32.5 Å². The largest absolute Gasteiger partial charge is 0.508 e. The summed E-state index contributed by atoms with van der Waals surface area (Å²) >= 11 is 12.9. The molecule has 0 saturated carbocycles. The van der Waals surface area contributed by atoms with E-state index < -0.39 is 7.12 Å². The molecule has 1 aliphatic carbocycles. The average Bonchev–Trinajstić information content (AvgIpc) is 2.92. The van der Waals surface area contributed by atoms with Crippen molar-refractivity contribution in [2.24, 2.45) is 0 Å². The van der Waals surface area contributed by atoms with Crippen molar-refractivity contribution in [2.45, 2.75) is 58.2 Å². The molecule has 0 spiro atoms. The zero-order chi connectivity index (χ0) is 25.0. The highest BCUT2D eigenvalue weighted by Crippen LogP contribution is 2.43. The highest BCUT2D eigenvalue weighted by Gasteiger charge is 2.51. The number of halogens is 2. The minimum atomic E-state index is -0.403. The van der Waals surface area contributed by atoms with Crippen LogP contribution >= 0.6 is 23.2 Å². The Balaban J connectivity index is 1.66. The fraction of sp³-hybridized carbons (Fsp3) is 0.310. The van der Waals surface area contributed by atoms with Crippen LogP contribution in [-0.4, -0.2) is 23.4 Å². The van der Waals surface area contributed by atoms with Crippen LogP contribution in [0.15, 0.2) is 60.7 Å². The van der Waals surface area contributed by atoms with Gasteiger partial charge in [0.15, 0.2) is 0 Å². The third-order valence-electron chi connectivity index (χ3n) is 7.51. The van der Waals surface area contributed by atoms with E-state index in [9.17, 15) is 5.11 Å². The summed E-state index contributed by atoms with van der Waals surface area (Å²) in [5.41, 5.74) is 6.99. The molecule has 0 radical (unpaired) electrons. The quantitative estimate of drug-likeness (QED) is 0.379.